The quantitative estimate of drug-likeness (QED) is 0.817. The first kappa shape index (κ1) is 16.5. The number of hydrogen-bond donors (Lipinski definition) is 0. The molecule has 1 heterocycles. The first-order valence-electron chi connectivity index (χ1n) is 7.27. The second-order valence-electron chi connectivity index (χ2n) is 7.00. The molecule has 124 valence electrons. The summed E-state index contributed by atoms with van der Waals surface area (Å²) < 4.78 is 27.1. The SMILES string of the molecule is CSC1(N2C(=O)c3ccccc3S2(=O)=O)C(C)(C)C(=O)C1(C)C. The molecule has 1 aliphatic carbocycles. The van der Waals surface area contributed by atoms with E-state index in [9.17, 15) is 18.0 Å². The van der Waals surface area contributed by atoms with Crippen molar-refractivity contribution < 1.29 is 18.0 Å². The lowest BCUT2D eigenvalue weighted by Crippen LogP contribution is -2.79. The molecule has 3 rings (SSSR count). The zero-order chi connectivity index (χ0) is 17.4. The van der Waals surface area contributed by atoms with Crippen LogP contribution in [0.2, 0.25) is 0 Å². The Bertz CT molecular complexity index is 821. The molecule has 1 aromatic carbocycles. The molecule has 0 saturated heterocycles. The monoisotopic (exact) mass is 353 g/mol. The van der Waals surface area contributed by atoms with Gasteiger partial charge in [-0.2, -0.15) is 0 Å². The number of ketones is 1. The number of Topliss-reactive ketones (excluding diaryl/α,β-unsaturated/α-hetero) is 1. The number of fused-ring (bicyclic) bond motifs is 1. The zero-order valence-corrected chi connectivity index (χ0v) is 15.3. The van der Waals surface area contributed by atoms with Crippen molar-refractivity contribution in [2.45, 2.75) is 37.5 Å². The molecule has 7 heteroatoms. The molecule has 1 saturated carbocycles. The number of hydrogen-bond acceptors (Lipinski definition) is 5. The third-order valence-electron chi connectivity index (χ3n) is 5.23. The minimum atomic E-state index is -3.98. The third kappa shape index (κ3) is 1.53. The molecule has 2 aliphatic rings. The summed E-state index contributed by atoms with van der Waals surface area (Å²) in [6.07, 6.45) is 1.75. The Labute approximate surface area is 140 Å². The van der Waals surface area contributed by atoms with E-state index in [1.165, 1.54) is 23.9 Å². The maximum absolute atomic E-state index is 13.1. The summed E-state index contributed by atoms with van der Waals surface area (Å²) in [4.78, 5) is 24.4. The van der Waals surface area contributed by atoms with Crippen molar-refractivity contribution in [1.82, 2.24) is 4.31 Å². The van der Waals surface area contributed by atoms with Gasteiger partial charge in [0.2, 0.25) is 0 Å². The van der Waals surface area contributed by atoms with E-state index in [2.05, 4.69) is 0 Å². The average Bonchev–Trinajstić information content (AvgIpc) is 2.68. The van der Waals surface area contributed by atoms with Gasteiger partial charge in [0, 0.05) is 0 Å². The lowest BCUT2D eigenvalue weighted by Gasteiger charge is -2.66. The molecule has 1 aliphatic heterocycles. The molecule has 0 bridgehead atoms. The normalized spacial score (nSPS) is 25.9. The van der Waals surface area contributed by atoms with Crippen LogP contribution in [0.25, 0.3) is 0 Å². The van der Waals surface area contributed by atoms with E-state index in [4.69, 9.17) is 0 Å². The van der Waals surface area contributed by atoms with Crippen molar-refractivity contribution in [2.24, 2.45) is 10.8 Å². The molecule has 1 aromatic rings. The number of thioether (sulfide) groups is 1. The highest BCUT2D eigenvalue weighted by atomic mass is 32.2. The molecule has 0 spiro atoms. The van der Waals surface area contributed by atoms with E-state index in [1.54, 1.807) is 46.1 Å². The van der Waals surface area contributed by atoms with Gasteiger partial charge in [-0.25, -0.2) is 12.7 Å². The van der Waals surface area contributed by atoms with E-state index in [-0.39, 0.29) is 16.2 Å². The van der Waals surface area contributed by atoms with E-state index < -0.39 is 31.6 Å². The molecular formula is C16H19NO4S2. The molecule has 1 amide bonds. The predicted octanol–water partition coefficient (Wildman–Crippen LogP) is 2.53. The number of nitrogens with zero attached hydrogens (tertiary/aromatic N) is 1. The average molecular weight is 353 g/mol. The van der Waals surface area contributed by atoms with Crippen molar-refractivity contribution >= 4 is 33.5 Å². The molecule has 23 heavy (non-hydrogen) atoms. The largest absolute Gasteiger partial charge is 0.298 e. The summed E-state index contributed by atoms with van der Waals surface area (Å²) in [7, 11) is -3.98. The topological polar surface area (TPSA) is 71.5 Å². The predicted molar refractivity (Wildman–Crippen MR) is 88.6 cm³/mol. The Hall–Kier alpha value is -1.34. The van der Waals surface area contributed by atoms with Crippen LogP contribution in [0.5, 0.6) is 0 Å². The van der Waals surface area contributed by atoms with Crippen molar-refractivity contribution in [3.05, 3.63) is 29.8 Å². The van der Waals surface area contributed by atoms with Crippen LogP contribution in [-0.2, 0) is 14.8 Å². The summed E-state index contributed by atoms with van der Waals surface area (Å²) in [5, 5.41) is 0. The highest BCUT2D eigenvalue weighted by Gasteiger charge is 2.78. The maximum atomic E-state index is 13.1. The molecule has 0 N–H and O–H groups in total. The van der Waals surface area contributed by atoms with Crippen molar-refractivity contribution in [3.8, 4) is 0 Å². The minimum Gasteiger partial charge on any atom is -0.298 e. The molecule has 5 nitrogen and oxygen atoms in total. The fourth-order valence-electron chi connectivity index (χ4n) is 4.41. The summed E-state index contributed by atoms with van der Waals surface area (Å²) in [6, 6.07) is 6.20. The molecule has 1 fully saturated rings. The standard InChI is InChI=1S/C16H19NO4S2/c1-14(2)13(19)15(3,4)16(14,22-5)17-12(18)10-8-6-7-9-11(10)23(17,20)21/h6-9H,1-5H3. The summed E-state index contributed by atoms with van der Waals surface area (Å²) in [6.45, 7) is 6.84. The van der Waals surface area contributed by atoms with Crippen LogP contribution in [-0.4, -0.2) is 35.5 Å². The molecule has 0 radical (unpaired) electrons. The fraction of sp³-hybridized carbons (Fsp3) is 0.500. The van der Waals surface area contributed by atoms with Gasteiger partial charge in [0.1, 0.15) is 9.77 Å². The molecule has 0 aromatic heterocycles. The number of carbonyl (C=O) groups excluding carboxylic acids is 2. The Morgan fingerprint density at radius 3 is 2.00 bits per heavy atom. The maximum Gasteiger partial charge on any atom is 0.270 e. The van der Waals surface area contributed by atoms with Gasteiger partial charge >= 0.3 is 0 Å². The van der Waals surface area contributed by atoms with E-state index in [1.807, 2.05) is 0 Å². The Kier molecular flexibility index (Phi) is 3.15. The Morgan fingerprint density at radius 2 is 1.52 bits per heavy atom. The van der Waals surface area contributed by atoms with Gasteiger partial charge in [0.25, 0.3) is 15.9 Å². The number of benzene rings is 1. The van der Waals surface area contributed by atoms with Gasteiger partial charge in [-0.1, -0.05) is 12.1 Å². The number of amides is 1. The smallest absolute Gasteiger partial charge is 0.270 e. The van der Waals surface area contributed by atoms with Gasteiger partial charge in [-0.05, 0) is 46.1 Å². The highest BCUT2D eigenvalue weighted by Crippen LogP contribution is 2.68. The van der Waals surface area contributed by atoms with Gasteiger partial charge in [-0.15, -0.1) is 11.8 Å². The summed E-state index contributed by atoms with van der Waals surface area (Å²) in [5.41, 5.74) is -1.74. The van der Waals surface area contributed by atoms with Crippen LogP contribution in [0.3, 0.4) is 0 Å². The molecular weight excluding hydrogens is 334 g/mol. The molecule has 0 unspecified atom stereocenters. The Balaban J connectivity index is 2.31. The van der Waals surface area contributed by atoms with Crippen molar-refractivity contribution in [3.63, 3.8) is 0 Å². The molecule has 0 atom stereocenters. The van der Waals surface area contributed by atoms with Crippen molar-refractivity contribution in [2.75, 3.05) is 6.26 Å². The lowest BCUT2D eigenvalue weighted by atomic mass is 9.50. The fourth-order valence-corrected chi connectivity index (χ4v) is 8.37. The van der Waals surface area contributed by atoms with Gasteiger partial charge in [0.05, 0.1) is 16.4 Å². The van der Waals surface area contributed by atoms with Gasteiger partial charge in [0.15, 0.2) is 5.78 Å². The van der Waals surface area contributed by atoms with Crippen LogP contribution in [0.1, 0.15) is 38.1 Å². The first-order chi connectivity index (χ1) is 10.5. The highest BCUT2D eigenvalue weighted by molar-refractivity contribution is 8.01. The first-order valence-corrected chi connectivity index (χ1v) is 9.93. The second kappa shape index (κ2) is 4.39. The van der Waals surface area contributed by atoms with Gasteiger partial charge in [-0.3, -0.25) is 9.59 Å². The van der Waals surface area contributed by atoms with Crippen LogP contribution in [0.15, 0.2) is 29.2 Å². The van der Waals surface area contributed by atoms with Crippen LogP contribution in [0, 0.1) is 10.8 Å². The summed E-state index contributed by atoms with van der Waals surface area (Å²) >= 11 is 1.26. The number of sulfonamides is 1. The zero-order valence-electron chi connectivity index (χ0n) is 13.7. The van der Waals surface area contributed by atoms with E-state index in [0.29, 0.717) is 0 Å². The lowest BCUT2D eigenvalue weighted by molar-refractivity contribution is -0.167. The Morgan fingerprint density at radius 1 is 1.00 bits per heavy atom. The van der Waals surface area contributed by atoms with E-state index in [0.717, 1.165) is 4.31 Å². The van der Waals surface area contributed by atoms with Crippen LogP contribution in [0.4, 0.5) is 0 Å². The van der Waals surface area contributed by atoms with Crippen molar-refractivity contribution in [1.29, 1.82) is 0 Å². The number of rotatable bonds is 2. The van der Waals surface area contributed by atoms with Crippen LogP contribution >= 0.6 is 11.8 Å². The minimum absolute atomic E-state index is 0.0179. The number of carbonyl (C=O) groups is 2. The third-order valence-corrected chi connectivity index (χ3v) is 8.97. The summed E-state index contributed by atoms with van der Waals surface area (Å²) in [5.74, 6) is -0.595. The van der Waals surface area contributed by atoms with Crippen LogP contribution < -0.4 is 0 Å². The second-order valence-corrected chi connectivity index (χ2v) is 9.75. The van der Waals surface area contributed by atoms with Gasteiger partial charge < -0.3 is 0 Å². The van der Waals surface area contributed by atoms with E-state index >= 15 is 0 Å².